The Labute approximate surface area is 256 Å². The first kappa shape index (κ1) is 32.5. The van der Waals surface area contributed by atoms with Crippen molar-refractivity contribution in [3.05, 3.63) is 84.6 Å². The summed E-state index contributed by atoms with van der Waals surface area (Å²) < 4.78 is 2.77. The average molecular weight is 618 g/mol. The van der Waals surface area contributed by atoms with Gasteiger partial charge in [-0.15, -0.1) is 11.4 Å². The molecule has 1 aliphatic heterocycles. The Bertz CT molecular complexity index is 1130. The maximum absolute atomic E-state index is 5.06. The van der Waals surface area contributed by atoms with Crippen LogP contribution in [-0.4, -0.2) is 8.24 Å². The van der Waals surface area contributed by atoms with Gasteiger partial charge in [-0.2, -0.15) is 0 Å². The van der Waals surface area contributed by atoms with E-state index in [1.807, 2.05) is 0 Å². The van der Waals surface area contributed by atoms with Gasteiger partial charge in [-0.1, -0.05) is 115 Å². The van der Waals surface area contributed by atoms with E-state index < -0.39 is 25.3 Å². The summed E-state index contributed by atoms with van der Waals surface area (Å²) >= 11 is -0.556. The Morgan fingerprint density at radius 3 is 1.97 bits per heavy atom. The third-order valence-electron chi connectivity index (χ3n) is 9.01. The zero-order valence-corrected chi connectivity index (χ0v) is 29.1. The normalized spacial score (nSPS) is 23.3. The fourth-order valence-electron chi connectivity index (χ4n) is 7.35. The second-order valence-corrected chi connectivity index (χ2v) is 19.3. The fraction of sp³-hybridized carbons (Fsp3) is 0.485. The number of halogens is 2. The molecule has 1 saturated carbocycles. The van der Waals surface area contributed by atoms with Crippen LogP contribution in [0, 0.1) is 37.0 Å². The van der Waals surface area contributed by atoms with Crippen LogP contribution < -0.4 is 4.57 Å². The molecule has 212 valence electrons. The molecule has 0 N–H and O–H groups in total. The number of hydrogen-bond acceptors (Lipinski definition) is 1. The van der Waals surface area contributed by atoms with E-state index >= 15 is 0 Å². The van der Waals surface area contributed by atoms with Gasteiger partial charge in [0, 0.05) is 11.4 Å². The zero-order chi connectivity index (χ0) is 27.6. The van der Waals surface area contributed by atoms with Gasteiger partial charge >= 0.3 is 35.6 Å². The summed E-state index contributed by atoms with van der Waals surface area (Å²) in [7, 11) is 7.80. The summed E-state index contributed by atoms with van der Waals surface area (Å²) in [5, 5.41) is 5.06. The van der Waals surface area contributed by atoms with E-state index in [0.717, 1.165) is 17.3 Å². The number of benzene rings is 2. The molecule has 5 rings (SSSR count). The number of nitrogens with zero attached hydrogens (tertiary/aromatic N) is 2. The fourth-order valence-corrected chi connectivity index (χ4v) is 11.4. The molecule has 1 heterocycles. The molecule has 0 saturated heterocycles. The summed E-state index contributed by atoms with van der Waals surface area (Å²) in [4.78, 5) is 0. The SMILES string of the molecule is CCC[C@H]1CC([Si](C)(C)N2c3ccccc3[N-]c3ccccc32)[C@H]2C=C(C(C)C)C=C(C(C)C)[C@@H]12.[CH3-].[Cl][Ti][Cl]. The van der Waals surface area contributed by atoms with Gasteiger partial charge in [0.25, 0.3) is 0 Å². The Hall–Kier alpha value is -0.969. The number of allylic oxidation sites excluding steroid dienone is 4. The van der Waals surface area contributed by atoms with E-state index in [1.165, 1.54) is 30.6 Å². The van der Waals surface area contributed by atoms with Crippen LogP contribution in [0.4, 0.5) is 22.7 Å². The van der Waals surface area contributed by atoms with Crippen molar-refractivity contribution in [3.63, 3.8) is 0 Å². The molecule has 39 heavy (non-hydrogen) atoms. The Kier molecular flexibility index (Phi) is 11.5. The third kappa shape index (κ3) is 6.44. The number of fused-ring (bicyclic) bond motifs is 3. The Morgan fingerprint density at radius 1 is 0.949 bits per heavy atom. The molecule has 1 fully saturated rings. The van der Waals surface area contributed by atoms with E-state index in [0.29, 0.717) is 29.2 Å². The van der Waals surface area contributed by atoms with Gasteiger partial charge in [-0.05, 0) is 59.3 Å². The van der Waals surface area contributed by atoms with Crippen molar-refractivity contribution in [1.82, 2.24) is 0 Å². The van der Waals surface area contributed by atoms with Crippen LogP contribution in [0.15, 0.2) is 71.8 Å². The summed E-state index contributed by atoms with van der Waals surface area (Å²) in [6.07, 6.45) is 9.30. The molecule has 0 radical (unpaired) electrons. The number of anilines is 2. The minimum atomic E-state index is -1.98. The molecule has 3 aliphatic rings. The summed E-state index contributed by atoms with van der Waals surface area (Å²) in [5.74, 6) is 3.33. The molecule has 1 unspecified atom stereocenters. The van der Waals surface area contributed by atoms with Crippen LogP contribution in [0.5, 0.6) is 0 Å². The van der Waals surface area contributed by atoms with Gasteiger partial charge in [-0.25, -0.2) is 0 Å². The molecule has 2 aromatic rings. The maximum atomic E-state index is 5.06. The predicted octanol–water partition coefficient (Wildman–Crippen LogP) is 12.1. The van der Waals surface area contributed by atoms with Gasteiger partial charge in [0.15, 0.2) is 8.24 Å². The predicted molar refractivity (Wildman–Crippen MR) is 173 cm³/mol. The summed E-state index contributed by atoms with van der Waals surface area (Å²) in [6, 6.07) is 17.6. The first-order valence-electron chi connectivity index (χ1n) is 14.2. The molecule has 0 amide bonds. The van der Waals surface area contributed by atoms with Crippen molar-refractivity contribution in [1.29, 1.82) is 0 Å². The molecule has 0 aromatic heterocycles. The molecule has 4 atom stereocenters. The second kappa shape index (κ2) is 13.8. The van der Waals surface area contributed by atoms with Gasteiger partial charge in [-0.3, -0.25) is 0 Å². The van der Waals surface area contributed by atoms with Crippen molar-refractivity contribution in [3.8, 4) is 0 Å². The number of hydrogen-bond donors (Lipinski definition) is 0. The number of rotatable bonds is 6. The first-order valence-corrected chi connectivity index (χ1v) is 21.6. The van der Waals surface area contributed by atoms with Crippen molar-refractivity contribution < 1.29 is 17.0 Å². The third-order valence-corrected chi connectivity index (χ3v) is 13.1. The Morgan fingerprint density at radius 2 is 1.49 bits per heavy atom. The molecule has 0 bridgehead atoms. The first-order chi connectivity index (χ1) is 18.1. The average Bonchev–Trinajstić information content (AvgIpc) is 3.26. The van der Waals surface area contributed by atoms with Crippen LogP contribution >= 0.6 is 18.6 Å². The standard InChI is InChI=1S/C32H43N2Si.CH3.2ClH.Ti/c1-8-13-23-20-31(26-19-24(21(2)3)18-25(22(4)5)32(23)26)35(6,7)34-29-16-11-9-14-27(29)33-28-15-10-12-17-30(28)34;;;;/h9-12,14-19,21-23,26,31-32H,8,13,20H2,1-7H3;1H3;2*1H;/q2*-1;;;+2/p-2/t23-,26+,31?,32+;;;;/m0..../s1. The van der Waals surface area contributed by atoms with Crippen LogP contribution in [0.25, 0.3) is 5.32 Å². The van der Waals surface area contributed by atoms with Gasteiger partial charge in [0.2, 0.25) is 0 Å². The van der Waals surface area contributed by atoms with Crippen LogP contribution in [0.2, 0.25) is 18.6 Å². The van der Waals surface area contributed by atoms with E-state index in [1.54, 1.807) is 11.1 Å². The Balaban J connectivity index is 0.00000101. The quantitative estimate of drug-likeness (QED) is 0.233. The molecule has 2 nitrogen and oxygen atoms in total. The monoisotopic (exact) mass is 616 g/mol. The molecule has 2 aromatic carbocycles. The van der Waals surface area contributed by atoms with Crippen molar-refractivity contribution in [2.75, 3.05) is 4.57 Å². The van der Waals surface area contributed by atoms with Crippen LogP contribution in [0.1, 0.15) is 53.9 Å². The van der Waals surface area contributed by atoms with E-state index in [4.69, 9.17) is 23.9 Å². The van der Waals surface area contributed by atoms with Crippen molar-refractivity contribution in [2.45, 2.75) is 72.5 Å². The van der Waals surface area contributed by atoms with E-state index in [2.05, 4.69) is 113 Å². The molecular formula is C33H46Cl2N2SiTi-2. The van der Waals surface area contributed by atoms with E-state index in [-0.39, 0.29) is 7.43 Å². The van der Waals surface area contributed by atoms with Crippen molar-refractivity contribution in [2.24, 2.45) is 29.6 Å². The molecule has 0 spiro atoms. The van der Waals surface area contributed by atoms with Gasteiger partial charge in [0.1, 0.15) is 0 Å². The van der Waals surface area contributed by atoms with E-state index in [9.17, 15) is 0 Å². The molecular weight excluding hydrogens is 571 g/mol. The summed E-state index contributed by atoms with van der Waals surface area (Å²) in [5.41, 5.74) is 8.86. The molecule has 2 aliphatic carbocycles. The topological polar surface area (TPSA) is 17.3 Å². The molecule has 6 heteroatoms. The van der Waals surface area contributed by atoms with Crippen LogP contribution in [0.3, 0.4) is 0 Å². The van der Waals surface area contributed by atoms with Crippen LogP contribution in [-0.2, 0) is 17.0 Å². The number of para-hydroxylation sites is 4. The van der Waals surface area contributed by atoms with Gasteiger partial charge < -0.3 is 17.3 Å². The zero-order valence-electron chi connectivity index (χ0n) is 25.0. The minimum absolute atomic E-state index is 0. The van der Waals surface area contributed by atoms with Crippen molar-refractivity contribution >= 4 is 49.6 Å². The second-order valence-electron chi connectivity index (χ2n) is 12.3. The van der Waals surface area contributed by atoms with Gasteiger partial charge in [0.05, 0.1) is 0 Å². The summed E-state index contributed by atoms with van der Waals surface area (Å²) in [6.45, 7) is 17.2.